The second-order valence-corrected chi connectivity index (χ2v) is 7.47. The van der Waals surface area contributed by atoms with Crippen molar-refractivity contribution in [2.45, 2.75) is 30.7 Å². The van der Waals surface area contributed by atoms with E-state index in [0.717, 1.165) is 0 Å². The van der Waals surface area contributed by atoms with Crippen LogP contribution in [0.2, 0.25) is 0 Å². The van der Waals surface area contributed by atoms with E-state index in [0.29, 0.717) is 0 Å². The Morgan fingerprint density at radius 3 is 2.42 bits per heavy atom. The fraction of sp³-hybridized carbons (Fsp3) is 0.318. The highest BCUT2D eigenvalue weighted by atomic mass is 16.7. The zero-order valence-corrected chi connectivity index (χ0v) is 17.3. The molecule has 0 spiro atoms. The number of phenols is 1. The molecule has 176 valence electrons. The third-order valence-corrected chi connectivity index (χ3v) is 5.37. The maximum absolute atomic E-state index is 12.5. The summed E-state index contributed by atoms with van der Waals surface area (Å²) >= 11 is 0. The van der Waals surface area contributed by atoms with E-state index in [2.05, 4.69) is 0 Å². The molecule has 33 heavy (non-hydrogen) atoms. The number of hydrogen-bond donors (Lipinski definition) is 6. The molecular weight excluding hydrogens is 440 g/mol. The summed E-state index contributed by atoms with van der Waals surface area (Å²) in [5, 5.41) is 59.5. The molecule has 0 aliphatic carbocycles. The van der Waals surface area contributed by atoms with Crippen LogP contribution in [0.1, 0.15) is 0 Å². The average molecular weight is 462 g/mol. The van der Waals surface area contributed by atoms with Crippen molar-refractivity contribution in [2.75, 3.05) is 13.7 Å². The maximum atomic E-state index is 12.5. The van der Waals surface area contributed by atoms with Gasteiger partial charge in [0.05, 0.1) is 19.1 Å². The number of rotatable bonds is 5. The van der Waals surface area contributed by atoms with Crippen LogP contribution >= 0.6 is 0 Å². The van der Waals surface area contributed by atoms with Gasteiger partial charge >= 0.3 is 0 Å². The van der Waals surface area contributed by atoms with Crippen LogP contribution in [0.15, 0.2) is 45.6 Å². The smallest absolute Gasteiger partial charge is 0.235 e. The molecule has 5 atom stereocenters. The van der Waals surface area contributed by atoms with Gasteiger partial charge in [0.2, 0.25) is 17.5 Å². The molecule has 4 rings (SSSR count). The van der Waals surface area contributed by atoms with E-state index < -0.39 is 48.5 Å². The number of aliphatic hydroxyl groups excluding tert-OH is 4. The first kappa shape index (κ1) is 22.8. The van der Waals surface area contributed by atoms with Gasteiger partial charge in [-0.25, -0.2) is 0 Å². The summed E-state index contributed by atoms with van der Waals surface area (Å²) in [7, 11) is 1.33. The van der Waals surface area contributed by atoms with Crippen molar-refractivity contribution in [3.63, 3.8) is 0 Å². The molecule has 2 aromatic carbocycles. The average Bonchev–Trinajstić information content (AvgIpc) is 2.81. The minimum atomic E-state index is -1.62. The number of ether oxygens (including phenoxy) is 3. The Bertz CT molecular complexity index is 1220. The third-order valence-electron chi connectivity index (χ3n) is 5.37. The summed E-state index contributed by atoms with van der Waals surface area (Å²) in [5.41, 5.74) is -0.381. The zero-order chi connectivity index (χ0) is 23.9. The highest BCUT2D eigenvalue weighted by molar-refractivity contribution is 5.83. The molecule has 0 amide bonds. The Balaban J connectivity index is 1.69. The Labute approximate surface area is 186 Å². The Hall–Kier alpha value is -3.35. The lowest BCUT2D eigenvalue weighted by atomic mass is 9.99. The lowest BCUT2D eigenvalue weighted by molar-refractivity contribution is -0.277. The van der Waals surface area contributed by atoms with E-state index in [1.54, 1.807) is 0 Å². The molecule has 2 heterocycles. The topological polar surface area (TPSA) is 179 Å². The second-order valence-electron chi connectivity index (χ2n) is 7.47. The normalized spacial score (nSPS) is 25.2. The number of phenolic OH excluding ortho intramolecular Hbond substituents is 1. The summed E-state index contributed by atoms with van der Waals surface area (Å²) in [4.78, 5) is 12.5. The molecule has 0 radical (unpaired) electrons. The maximum Gasteiger partial charge on any atom is 0.235 e. The van der Waals surface area contributed by atoms with Crippen LogP contribution in [0.5, 0.6) is 23.0 Å². The zero-order valence-electron chi connectivity index (χ0n) is 17.3. The van der Waals surface area contributed by atoms with Gasteiger partial charge in [-0.3, -0.25) is 4.79 Å². The SMILES string of the molecule is COc1cc(-c2oc3cc(O)ccc3c(=O)c2O)ccc1O[C@@H]1O[C@@H](CO)[C@H](O)[C@H](O)[C@H]1O. The predicted molar refractivity (Wildman–Crippen MR) is 112 cm³/mol. The molecule has 11 nitrogen and oxygen atoms in total. The minimum Gasteiger partial charge on any atom is -0.508 e. The highest BCUT2D eigenvalue weighted by Crippen LogP contribution is 2.38. The summed E-state index contributed by atoms with van der Waals surface area (Å²) in [6.45, 7) is -0.614. The molecule has 1 aliphatic rings. The molecule has 1 aromatic heterocycles. The summed E-state index contributed by atoms with van der Waals surface area (Å²) in [6.07, 6.45) is -7.37. The molecule has 1 fully saturated rings. The van der Waals surface area contributed by atoms with Crippen molar-refractivity contribution in [1.82, 2.24) is 0 Å². The quantitative estimate of drug-likeness (QED) is 0.302. The van der Waals surface area contributed by atoms with Crippen LogP contribution in [0, 0.1) is 0 Å². The van der Waals surface area contributed by atoms with Gasteiger partial charge in [-0.05, 0) is 30.3 Å². The standard InChI is InChI=1S/C22H22O11/c1-30-14-6-9(21-19(28)16(25)11-4-3-10(24)7-13(11)31-21)2-5-12(14)32-22-20(29)18(27)17(26)15(8-23)33-22/h2-7,15,17-18,20,22-24,26-29H,8H2,1H3/t15-,17-,18-,20+,22+/m0/s1. The summed E-state index contributed by atoms with van der Waals surface area (Å²) in [6, 6.07) is 8.10. The first-order valence-corrected chi connectivity index (χ1v) is 9.89. The van der Waals surface area contributed by atoms with E-state index in [4.69, 9.17) is 18.6 Å². The lowest BCUT2D eigenvalue weighted by Crippen LogP contribution is -2.60. The van der Waals surface area contributed by atoms with Crippen molar-refractivity contribution in [2.24, 2.45) is 0 Å². The molecule has 1 saturated heterocycles. The van der Waals surface area contributed by atoms with Crippen LogP contribution in [0.4, 0.5) is 0 Å². The van der Waals surface area contributed by atoms with Gasteiger partial charge in [0.15, 0.2) is 17.3 Å². The van der Waals surface area contributed by atoms with E-state index in [-0.39, 0.29) is 39.5 Å². The molecule has 0 unspecified atom stereocenters. The van der Waals surface area contributed by atoms with Crippen molar-refractivity contribution < 1.29 is 49.3 Å². The van der Waals surface area contributed by atoms with Gasteiger partial charge in [-0.15, -0.1) is 0 Å². The van der Waals surface area contributed by atoms with Crippen LogP contribution in [0.3, 0.4) is 0 Å². The van der Waals surface area contributed by atoms with Gasteiger partial charge in [0.1, 0.15) is 35.7 Å². The Morgan fingerprint density at radius 2 is 1.73 bits per heavy atom. The second kappa shape index (κ2) is 8.89. The molecule has 3 aromatic rings. The van der Waals surface area contributed by atoms with Crippen LogP contribution < -0.4 is 14.9 Å². The van der Waals surface area contributed by atoms with Crippen molar-refractivity contribution in [3.8, 4) is 34.3 Å². The molecule has 0 bridgehead atoms. The van der Waals surface area contributed by atoms with E-state index in [1.165, 1.54) is 43.5 Å². The minimum absolute atomic E-state index is 0.0610. The third kappa shape index (κ3) is 4.08. The molecular formula is C22H22O11. The van der Waals surface area contributed by atoms with Gasteiger partial charge < -0.3 is 49.3 Å². The first-order valence-electron chi connectivity index (χ1n) is 9.89. The summed E-state index contributed by atoms with van der Waals surface area (Å²) < 4.78 is 21.9. The number of aliphatic hydroxyl groups is 4. The van der Waals surface area contributed by atoms with Crippen LogP contribution in [-0.2, 0) is 4.74 Å². The predicted octanol–water partition coefficient (Wildman–Crippen LogP) is 0.0585. The number of fused-ring (bicyclic) bond motifs is 1. The monoisotopic (exact) mass is 462 g/mol. The van der Waals surface area contributed by atoms with E-state index in [1.807, 2.05) is 0 Å². The lowest BCUT2D eigenvalue weighted by Gasteiger charge is -2.39. The summed E-state index contributed by atoms with van der Waals surface area (Å²) in [5.74, 6) is -0.773. The van der Waals surface area contributed by atoms with E-state index in [9.17, 15) is 35.4 Å². The number of methoxy groups -OCH3 is 1. The number of benzene rings is 2. The Morgan fingerprint density at radius 1 is 0.970 bits per heavy atom. The van der Waals surface area contributed by atoms with Gasteiger partial charge in [0, 0.05) is 11.6 Å². The van der Waals surface area contributed by atoms with Crippen LogP contribution in [-0.4, -0.2) is 75.1 Å². The molecule has 1 aliphatic heterocycles. The molecule has 6 N–H and O–H groups in total. The van der Waals surface area contributed by atoms with Gasteiger partial charge in [0.25, 0.3) is 0 Å². The van der Waals surface area contributed by atoms with Crippen LogP contribution in [0.25, 0.3) is 22.3 Å². The fourth-order valence-corrected chi connectivity index (χ4v) is 3.56. The van der Waals surface area contributed by atoms with Gasteiger partial charge in [-0.2, -0.15) is 0 Å². The molecule has 11 heteroatoms. The van der Waals surface area contributed by atoms with Gasteiger partial charge in [-0.1, -0.05) is 0 Å². The van der Waals surface area contributed by atoms with E-state index >= 15 is 0 Å². The fourth-order valence-electron chi connectivity index (χ4n) is 3.56. The largest absolute Gasteiger partial charge is 0.508 e. The number of aromatic hydroxyl groups is 2. The number of hydrogen-bond acceptors (Lipinski definition) is 11. The van der Waals surface area contributed by atoms with Crippen molar-refractivity contribution in [1.29, 1.82) is 0 Å². The van der Waals surface area contributed by atoms with Crippen molar-refractivity contribution in [3.05, 3.63) is 46.6 Å². The highest BCUT2D eigenvalue weighted by Gasteiger charge is 2.45. The first-order chi connectivity index (χ1) is 15.7. The Kier molecular flexibility index (Phi) is 6.15. The molecule has 0 saturated carbocycles. The van der Waals surface area contributed by atoms with Crippen molar-refractivity contribution >= 4 is 11.0 Å².